The number of carbonyl (C=O) groups excluding carboxylic acids is 1. The van der Waals surface area contributed by atoms with Crippen molar-refractivity contribution in [2.75, 3.05) is 47.2 Å². The van der Waals surface area contributed by atoms with Crippen LogP contribution in [-0.4, -0.2) is 68.0 Å². The van der Waals surface area contributed by atoms with E-state index in [1.807, 2.05) is 30.0 Å². The van der Waals surface area contributed by atoms with Crippen LogP contribution in [-0.2, 0) is 27.4 Å². The number of aromatic nitrogens is 2. The van der Waals surface area contributed by atoms with Gasteiger partial charge in [-0.25, -0.2) is 18.4 Å². The van der Waals surface area contributed by atoms with E-state index >= 15 is 0 Å². The molecule has 41 heavy (non-hydrogen) atoms. The number of sulfonamides is 1. The van der Waals surface area contributed by atoms with Crippen LogP contribution >= 0.6 is 11.6 Å². The van der Waals surface area contributed by atoms with Gasteiger partial charge in [0.1, 0.15) is 11.9 Å². The number of nitrogens with one attached hydrogen (secondary N) is 1. The Bertz CT molecular complexity index is 1530. The molecule has 1 aromatic heterocycles. The molecule has 0 spiro atoms. The number of carbonyl (C=O) groups is 1. The van der Waals surface area contributed by atoms with Gasteiger partial charge in [-0.2, -0.15) is 13.2 Å². The minimum Gasteiger partial charge on any atom is -0.368 e. The van der Waals surface area contributed by atoms with Crippen LogP contribution in [0.1, 0.15) is 24.7 Å². The quantitative estimate of drug-likeness (QED) is 0.442. The Morgan fingerprint density at radius 3 is 2.41 bits per heavy atom. The standard InChI is InChI=1S/C27H28ClF3N6O3S/c1-18(37-12-2-3-19-17-20(28)4-9-23(19)37)25(38)36-15-13-35(14-16-36)21-5-7-22(8-6-21)41(39,40)34-24-10-11-32-26(33-24)27(29,30)31/h4-11,17-18H,2-3,12-16H2,1H3,(H,32,33,34)/t18-/m1/s1. The molecular weight excluding hydrogens is 581 g/mol. The summed E-state index contributed by atoms with van der Waals surface area (Å²) in [6.45, 7) is 4.89. The van der Waals surface area contributed by atoms with Gasteiger partial charge in [0.2, 0.25) is 11.7 Å². The fourth-order valence-corrected chi connectivity index (χ4v) is 6.36. The number of halogens is 4. The van der Waals surface area contributed by atoms with E-state index in [-0.39, 0.29) is 16.8 Å². The van der Waals surface area contributed by atoms with Gasteiger partial charge in [-0.3, -0.25) is 9.52 Å². The van der Waals surface area contributed by atoms with E-state index in [1.54, 1.807) is 12.1 Å². The number of anilines is 3. The maximum Gasteiger partial charge on any atom is 0.451 e. The lowest BCUT2D eigenvalue weighted by atomic mass is 10.00. The Balaban J connectivity index is 1.19. The van der Waals surface area contributed by atoms with Crippen LogP contribution in [0.5, 0.6) is 0 Å². The van der Waals surface area contributed by atoms with Gasteiger partial charge >= 0.3 is 6.18 Å². The lowest BCUT2D eigenvalue weighted by molar-refractivity contribution is -0.144. The normalized spacial score (nSPS) is 16.8. The molecule has 9 nitrogen and oxygen atoms in total. The summed E-state index contributed by atoms with van der Waals surface area (Å²) >= 11 is 6.16. The van der Waals surface area contributed by atoms with Crippen molar-refractivity contribution in [3.8, 4) is 0 Å². The number of fused-ring (bicyclic) bond motifs is 1. The zero-order valence-electron chi connectivity index (χ0n) is 22.1. The van der Waals surface area contributed by atoms with Gasteiger partial charge in [0.25, 0.3) is 10.0 Å². The van der Waals surface area contributed by atoms with Crippen LogP contribution in [0.15, 0.2) is 59.6 Å². The van der Waals surface area contributed by atoms with Gasteiger partial charge in [-0.05, 0) is 73.9 Å². The molecule has 3 heterocycles. The molecule has 0 radical (unpaired) electrons. The third-order valence-corrected chi connectivity index (χ3v) is 8.88. The van der Waals surface area contributed by atoms with Crippen LogP contribution in [0.3, 0.4) is 0 Å². The van der Waals surface area contributed by atoms with Gasteiger partial charge in [0.05, 0.1) is 4.90 Å². The molecule has 3 aromatic rings. The van der Waals surface area contributed by atoms with Crippen LogP contribution in [0, 0.1) is 0 Å². The molecule has 0 saturated carbocycles. The van der Waals surface area contributed by atoms with Crippen molar-refractivity contribution in [3.05, 3.63) is 71.1 Å². The predicted molar refractivity (Wildman–Crippen MR) is 150 cm³/mol. The minimum atomic E-state index is -4.80. The molecule has 0 bridgehead atoms. The molecule has 14 heteroatoms. The highest BCUT2D eigenvalue weighted by Crippen LogP contribution is 2.32. The van der Waals surface area contributed by atoms with Crippen molar-refractivity contribution in [1.29, 1.82) is 0 Å². The highest BCUT2D eigenvalue weighted by atomic mass is 35.5. The number of benzene rings is 2. The van der Waals surface area contributed by atoms with E-state index in [0.29, 0.717) is 31.2 Å². The van der Waals surface area contributed by atoms with E-state index in [2.05, 4.69) is 24.5 Å². The molecule has 1 atom stereocenters. The Labute approximate surface area is 241 Å². The van der Waals surface area contributed by atoms with Gasteiger partial charge < -0.3 is 14.7 Å². The van der Waals surface area contributed by atoms with Crippen molar-refractivity contribution in [2.45, 2.75) is 36.9 Å². The predicted octanol–water partition coefficient (Wildman–Crippen LogP) is 4.44. The third-order valence-electron chi connectivity index (χ3n) is 7.27. The summed E-state index contributed by atoms with van der Waals surface area (Å²) in [4.78, 5) is 25.7. The third kappa shape index (κ3) is 6.35. The van der Waals surface area contributed by atoms with Crippen molar-refractivity contribution in [3.63, 3.8) is 0 Å². The molecule has 2 aromatic carbocycles. The Kier molecular flexibility index (Phi) is 8.02. The summed E-state index contributed by atoms with van der Waals surface area (Å²) in [6, 6.07) is 12.5. The SMILES string of the molecule is C[C@H](C(=O)N1CCN(c2ccc(S(=O)(=O)Nc3ccnc(C(F)(F)F)n3)cc2)CC1)N1CCCc2cc(Cl)ccc21. The van der Waals surface area contributed by atoms with Crippen molar-refractivity contribution in [1.82, 2.24) is 14.9 Å². The highest BCUT2D eigenvalue weighted by molar-refractivity contribution is 7.92. The molecule has 2 aliphatic rings. The Hall–Kier alpha value is -3.58. The van der Waals surface area contributed by atoms with Crippen LogP contribution in [0.2, 0.25) is 5.02 Å². The molecule has 0 unspecified atom stereocenters. The molecule has 218 valence electrons. The number of piperazine rings is 1. The molecule has 0 aliphatic carbocycles. The van der Waals surface area contributed by atoms with Crippen LogP contribution in [0.25, 0.3) is 0 Å². The van der Waals surface area contributed by atoms with E-state index in [1.165, 1.54) is 12.1 Å². The Morgan fingerprint density at radius 2 is 1.73 bits per heavy atom. The van der Waals surface area contributed by atoms with E-state index < -0.39 is 27.8 Å². The molecule has 1 N–H and O–H groups in total. The first kappa shape index (κ1) is 28.9. The van der Waals surface area contributed by atoms with Crippen molar-refractivity contribution < 1.29 is 26.4 Å². The fourth-order valence-electron chi connectivity index (χ4n) is 5.16. The summed E-state index contributed by atoms with van der Waals surface area (Å²) in [5, 5.41) is 0.688. The van der Waals surface area contributed by atoms with Gasteiger partial charge in [-0.1, -0.05) is 11.6 Å². The van der Waals surface area contributed by atoms with E-state index in [9.17, 15) is 26.4 Å². The summed E-state index contributed by atoms with van der Waals surface area (Å²) in [5.74, 6) is -1.87. The van der Waals surface area contributed by atoms with Crippen LogP contribution < -0.4 is 14.5 Å². The Morgan fingerprint density at radius 1 is 1.02 bits per heavy atom. The number of aryl methyl sites for hydroxylation is 1. The number of hydrogen-bond donors (Lipinski definition) is 1. The molecule has 5 rings (SSSR count). The second-order valence-corrected chi connectivity index (χ2v) is 12.0. The summed E-state index contributed by atoms with van der Waals surface area (Å²) in [6.07, 6.45) is -2.08. The minimum absolute atomic E-state index is 0.0540. The topological polar surface area (TPSA) is 98.7 Å². The second kappa shape index (κ2) is 11.4. The van der Waals surface area contributed by atoms with Crippen LogP contribution in [0.4, 0.5) is 30.4 Å². The second-order valence-electron chi connectivity index (χ2n) is 9.92. The zero-order valence-corrected chi connectivity index (χ0v) is 23.7. The lowest BCUT2D eigenvalue weighted by Gasteiger charge is -2.41. The molecule has 2 aliphatic heterocycles. The van der Waals surface area contributed by atoms with E-state index in [4.69, 9.17) is 11.6 Å². The van der Waals surface area contributed by atoms with Gasteiger partial charge in [0.15, 0.2) is 0 Å². The number of amides is 1. The largest absolute Gasteiger partial charge is 0.451 e. The summed E-state index contributed by atoms with van der Waals surface area (Å²) in [7, 11) is -4.18. The monoisotopic (exact) mass is 608 g/mol. The number of hydrogen-bond acceptors (Lipinski definition) is 7. The number of alkyl halides is 3. The highest BCUT2D eigenvalue weighted by Gasteiger charge is 2.35. The molecule has 1 amide bonds. The average molecular weight is 609 g/mol. The zero-order chi connectivity index (χ0) is 29.4. The molecule has 1 saturated heterocycles. The van der Waals surface area contributed by atoms with Gasteiger partial charge in [0, 0.05) is 55.3 Å². The first-order valence-electron chi connectivity index (χ1n) is 13.0. The first-order chi connectivity index (χ1) is 19.4. The summed E-state index contributed by atoms with van der Waals surface area (Å²) in [5.41, 5.74) is 2.97. The smallest absolute Gasteiger partial charge is 0.368 e. The maximum absolute atomic E-state index is 13.4. The molecular formula is C27H28ClF3N6O3S. The van der Waals surface area contributed by atoms with Gasteiger partial charge in [-0.15, -0.1) is 0 Å². The number of rotatable bonds is 6. The summed E-state index contributed by atoms with van der Waals surface area (Å²) < 4.78 is 66.1. The van der Waals surface area contributed by atoms with E-state index in [0.717, 1.165) is 48.6 Å². The number of nitrogens with zero attached hydrogens (tertiary/aromatic N) is 5. The fraction of sp³-hybridized carbons (Fsp3) is 0.370. The maximum atomic E-state index is 13.4. The van der Waals surface area contributed by atoms with Crippen molar-refractivity contribution in [2.24, 2.45) is 0 Å². The average Bonchev–Trinajstić information content (AvgIpc) is 2.95. The first-order valence-corrected chi connectivity index (χ1v) is 14.9. The molecule has 1 fully saturated rings. The lowest BCUT2D eigenvalue weighted by Crippen LogP contribution is -2.55. The van der Waals surface area contributed by atoms with Crippen molar-refractivity contribution >= 4 is 44.7 Å².